The first-order chi connectivity index (χ1) is 17.0. The SMILES string of the molecule is CCOc1ccc(CNC(=O)C2CCCN(c3nc4c(s3)c(C)nn4-c3ccc(C)cc3)C2)cc1. The summed E-state index contributed by atoms with van der Waals surface area (Å²) in [5.74, 6) is 0.905. The minimum atomic E-state index is -0.0480. The quantitative estimate of drug-likeness (QED) is 0.394. The lowest BCUT2D eigenvalue weighted by atomic mass is 9.97. The average molecular weight is 490 g/mol. The van der Waals surface area contributed by atoms with Gasteiger partial charge in [0, 0.05) is 19.6 Å². The number of aryl methyl sites for hydroxylation is 2. The normalized spacial score (nSPS) is 16.0. The van der Waals surface area contributed by atoms with E-state index < -0.39 is 0 Å². The smallest absolute Gasteiger partial charge is 0.225 e. The molecule has 2 aromatic heterocycles. The number of anilines is 1. The van der Waals surface area contributed by atoms with Gasteiger partial charge in [-0.25, -0.2) is 4.68 Å². The molecule has 1 aliphatic rings. The van der Waals surface area contributed by atoms with Crippen molar-refractivity contribution in [1.82, 2.24) is 20.1 Å². The van der Waals surface area contributed by atoms with E-state index in [4.69, 9.17) is 14.8 Å². The lowest BCUT2D eigenvalue weighted by Crippen LogP contribution is -2.43. The van der Waals surface area contributed by atoms with Crippen LogP contribution in [0.3, 0.4) is 0 Å². The maximum absolute atomic E-state index is 13.0. The molecule has 4 aromatic rings. The van der Waals surface area contributed by atoms with Gasteiger partial charge in [-0.05, 0) is 63.4 Å². The van der Waals surface area contributed by atoms with Crippen LogP contribution in [-0.2, 0) is 11.3 Å². The van der Waals surface area contributed by atoms with Gasteiger partial charge in [0.25, 0.3) is 0 Å². The number of nitrogens with zero attached hydrogens (tertiary/aromatic N) is 4. The summed E-state index contributed by atoms with van der Waals surface area (Å²) >= 11 is 1.67. The number of amides is 1. The zero-order valence-electron chi connectivity index (χ0n) is 20.5. The molecule has 5 rings (SSSR count). The second-order valence-corrected chi connectivity index (χ2v) is 10.0. The van der Waals surface area contributed by atoms with E-state index >= 15 is 0 Å². The molecule has 1 amide bonds. The third kappa shape index (κ3) is 5.03. The van der Waals surface area contributed by atoms with E-state index in [2.05, 4.69) is 41.4 Å². The molecule has 35 heavy (non-hydrogen) atoms. The predicted octanol–water partition coefficient (Wildman–Crippen LogP) is 5.03. The lowest BCUT2D eigenvalue weighted by Gasteiger charge is -2.31. The molecule has 0 saturated carbocycles. The number of fused-ring (bicyclic) bond motifs is 1. The molecule has 7 nitrogen and oxygen atoms in total. The van der Waals surface area contributed by atoms with Crippen molar-refractivity contribution in [3.63, 3.8) is 0 Å². The van der Waals surface area contributed by atoms with Gasteiger partial charge in [0.05, 0.1) is 28.6 Å². The molecule has 1 unspecified atom stereocenters. The monoisotopic (exact) mass is 489 g/mol. The van der Waals surface area contributed by atoms with E-state index in [0.29, 0.717) is 19.7 Å². The molecule has 0 radical (unpaired) electrons. The second kappa shape index (κ2) is 10.1. The Kier molecular flexibility index (Phi) is 6.72. The first kappa shape index (κ1) is 23.4. The highest BCUT2D eigenvalue weighted by Crippen LogP contribution is 2.34. The number of piperidine rings is 1. The fourth-order valence-electron chi connectivity index (χ4n) is 4.49. The van der Waals surface area contributed by atoms with E-state index in [1.165, 1.54) is 5.56 Å². The van der Waals surface area contributed by atoms with E-state index in [-0.39, 0.29) is 11.8 Å². The number of hydrogen-bond acceptors (Lipinski definition) is 6. The summed E-state index contributed by atoms with van der Waals surface area (Å²) in [6.45, 7) is 8.84. The number of thiazole rings is 1. The van der Waals surface area contributed by atoms with Crippen molar-refractivity contribution in [1.29, 1.82) is 0 Å². The fraction of sp³-hybridized carbons (Fsp3) is 0.370. The number of aromatic nitrogens is 3. The number of rotatable bonds is 7. The fourth-order valence-corrected chi connectivity index (χ4v) is 5.51. The van der Waals surface area contributed by atoms with Crippen LogP contribution >= 0.6 is 11.3 Å². The summed E-state index contributed by atoms with van der Waals surface area (Å²) in [7, 11) is 0. The van der Waals surface area contributed by atoms with Gasteiger partial charge in [-0.15, -0.1) is 0 Å². The van der Waals surface area contributed by atoms with Crippen molar-refractivity contribution in [2.45, 2.75) is 40.2 Å². The van der Waals surface area contributed by atoms with Crippen molar-refractivity contribution in [3.05, 3.63) is 65.4 Å². The number of ether oxygens (including phenoxy) is 1. The first-order valence-electron chi connectivity index (χ1n) is 12.2. The standard InChI is InChI=1S/C27H31N5O2S/c1-4-34-23-13-9-20(10-14-23)16-28-26(33)21-6-5-15-31(17-21)27-29-25-24(35-27)19(3)30-32(25)22-11-7-18(2)8-12-22/h7-14,21H,4-6,15-17H2,1-3H3,(H,28,33). The molecule has 182 valence electrons. The summed E-state index contributed by atoms with van der Waals surface area (Å²) < 4.78 is 8.52. The number of carbonyl (C=O) groups excluding carboxylic acids is 1. The molecule has 1 aliphatic heterocycles. The minimum Gasteiger partial charge on any atom is -0.494 e. The summed E-state index contributed by atoms with van der Waals surface area (Å²) in [4.78, 5) is 20.2. The molecule has 0 bridgehead atoms. The van der Waals surface area contributed by atoms with Gasteiger partial charge in [-0.2, -0.15) is 10.1 Å². The van der Waals surface area contributed by atoms with Gasteiger partial charge in [-0.1, -0.05) is 41.2 Å². The van der Waals surface area contributed by atoms with Crippen molar-refractivity contribution < 1.29 is 9.53 Å². The molecule has 3 heterocycles. The second-order valence-electron chi connectivity index (χ2n) is 9.06. The molecule has 1 N–H and O–H groups in total. The number of nitrogens with one attached hydrogen (secondary N) is 1. The Bertz CT molecular complexity index is 1310. The first-order valence-corrected chi connectivity index (χ1v) is 13.0. The van der Waals surface area contributed by atoms with Crippen LogP contribution in [0, 0.1) is 19.8 Å². The third-order valence-corrected chi connectivity index (χ3v) is 7.63. The maximum atomic E-state index is 13.0. The van der Waals surface area contributed by atoms with Crippen LogP contribution in [-0.4, -0.2) is 40.4 Å². The van der Waals surface area contributed by atoms with Gasteiger partial charge < -0.3 is 15.0 Å². The van der Waals surface area contributed by atoms with E-state index in [1.54, 1.807) is 11.3 Å². The van der Waals surface area contributed by atoms with Gasteiger partial charge in [0.15, 0.2) is 10.8 Å². The van der Waals surface area contributed by atoms with Crippen LogP contribution in [0.15, 0.2) is 48.5 Å². The molecular weight excluding hydrogens is 458 g/mol. The Morgan fingerprint density at radius 1 is 1.14 bits per heavy atom. The van der Waals surface area contributed by atoms with E-state index in [0.717, 1.165) is 57.6 Å². The average Bonchev–Trinajstić information content (AvgIpc) is 3.45. The molecule has 0 aliphatic carbocycles. The number of carbonyl (C=O) groups is 1. The van der Waals surface area contributed by atoms with Crippen molar-refractivity contribution >= 4 is 32.7 Å². The minimum absolute atomic E-state index is 0.0480. The highest BCUT2D eigenvalue weighted by molar-refractivity contribution is 7.22. The number of benzene rings is 2. The third-order valence-electron chi connectivity index (χ3n) is 6.42. The molecule has 2 aromatic carbocycles. The Hall–Kier alpha value is -3.39. The molecule has 1 saturated heterocycles. The predicted molar refractivity (Wildman–Crippen MR) is 141 cm³/mol. The van der Waals surface area contributed by atoms with Gasteiger partial charge in [0.1, 0.15) is 5.75 Å². The summed E-state index contributed by atoms with van der Waals surface area (Å²) in [5, 5.41) is 8.81. The molecule has 1 atom stereocenters. The van der Waals surface area contributed by atoms with Crippen LogP contribution in [0.25, 0.3) is 16.0 Å². The van der Waals surface area contributed by atoms with E-state index in [9.17, 15) is 4.79 Å². The Balaban J connectivity index is 1.27. The van der Waals surface area contributed by atoms with Crippen LogP contribution in [0.1, 0.15) is 36.6 Å². The van der Waals surface area contributed by atoms with Crippen LogP contribution in [0.4, 0.5) is 5.13 Å². The molecule has 1 fully saturated rings. The Morgan fingerprint density at radius 2 is 1.91 bits per heavy atom. The summed E-state index contributed by atoms with van der Waals surface area (Å²) in [6, 6.07) is 16.2. The number of hydrogen-bond donors (Lipinski definition) is 1. The summed E-state index contributed by atoms with van der Waals surface area (Å²) in [5.41, 5.74) is 5.15. The Labute approximate surface area is 209 Å². The van der Waals surface area contributed by atoms with E-state index in [1.807, 2.05) is 42.8 Å². The highest BCUT2D eigenvalue weighted by Gasteiger charge is 2.28. The van der Waals surface area contributed by atoms with Crippen LogP contribution < -0.4 is 15.0 Å². The van der Waals surface area contributed by atoms with Crippen LogP contribution in [0.5, 0.6) is 5.75 Å². The molecular formula is C27H31N5O2S. The largest absolute Gasteiger partial charge is 0.494 e. The Morgan fingerprint density at radius 3 is 2.66 bits per heavy atom. The van der Waals surface area contributed by atoms with Crippen molar-refractivity contribution in [2.24, 2.45) is 5.92 Å². The molecule has 8 heteroatoms. The van der Waals surface area contributed by atoms with Crippen molar-refractivity contribution in [2.75, 3.05) is 24.6 Å². The lowest BCUT2D eigenvalue weighted by molar-refractivity contribution is -0.125. The van der Waals surface area contributed by atoms with Crippen molar-refractivity contribution in [3.8, 4) is 11.4 Å². The molecule has 0 spiro atoms. The van der Waals surface area contributed by atoms with Gasteiger partial charge in [-0.3, -0.25) is 4.79 Å². The van der Waals surface area contributed by atoms with Crippen LogP contribution in [0.2, 0.25) is 0 Å². The summed E-state index contributed by atoms with van der Waals surface area (Å²) in [6.07, 6.45) is 1.87. The maximum Gasteiger partial charge on any atom is 0.225 e. The highest BCUT2D eigenvalue weighted by atomic mass is 32.1. The zero-order valence-corrected chi connectivity index (χ0v) is 21.3. The van der Waals surface area contributed by atoms with Gasteiger partial charge >= 0.3 is 0 Å². The zero-order chi connectivity index (χ0) is 24.4. The van der Waals surface area contributed by atoms with Gasteiger partial charge in [0.2, 0.25) is 5.91 Å². The topological polar surface area (TPSA) is 72.3 Å².